The minimum Gasteiger partial charge on any atom is -0.326 e. The van der Waals surface area contributed by atoms with E-state index >= 15 is 0 Å². The molecule has 3 N–H and O–H groups in total. The molecule has 0 saturated carbocycles. The zero-order valence-corrected chi connectivity index (χ0v) is 12.7. The molecular formula is C13H15FN2O2S2. The van der Waals surface area contributed by atoms with E-state index in [1.807, 2.05) is 6.92 Å². The van der Waals surface area contributed by atoms with E-state index in [-0.39, 0.29) is 9.90 Å². The first-order valence-electron chi connectivity index (χ1n) is 5.91. The summed E-state index contributed by atoms with van der Waals surface area (Å²) < 4.78 is 40.3. The lowest BCUT2D eigenvalue weighted by Gasteiger charge is -2.07. The summed E-state index contributed by atoms with van der Waals surface area (Å²) in [6.45, 7) is 3.80. The van der Waals surface area contributed by atoms with Gasteiger partial charge in [0.2, 0.25) is 0 Å². The van der Waals surface area contributed by atoms with E-state index in [9.17, 15) is 12.8 Å². The van der Waals surface area contributed by atoms with E-state index in [0.717, 1.165) is 27.8 Å². The molecule has 0 radical (unpaired) electrons. The Balaban J connectivity index is 2.35. The molecule has 2 aromatic rings. The van der Waals surface area contributed by atoms with Gasteiger partial charge in [-0.3, -0.25) is 4.72 Å². The monoisotopic (exact) mass is 314 g/mol. The molecule has 7 heteroatoms. The van der Waals surface area contributed by atoms with Crippen molar-refractivity contribution < 1.29 is 12.8 Å². The second-order valence-electron chi connectivity index (χ2n) is 4.50. The van der Waals surface area contributed by atoms with Crippen molar-refractivity contribution in [3.8, 4) is 0 Å². The Hall–Kier alpha value is -1.44. The fourth-order valence-electron chi connectivity index (χ4n) is 1.82. The number of sulfonamides is 1. The Morgan fingerprint density at radius 1 is 1.25 bits per heavy atom. The molecule has 0 aliphatic rings. The smallest absolute Gasteiger partial charge is 0.271 e. The highest BCUT2D eigenvalue weighted by Crippen LogP contribution is 2.27. The van der Waals surface area contributed by atoms with E-state index in [1.165, 1.54) is 6.07 Å². The SMILES string of the molecule is Cc1cc(F)cc(NS(=O)(=O)c2cc(C)c(CN)s2)c1. The first kappa shape index (κ1) is 15.0. The summed E-state index contributed by atoms with van der Waals surface area (Å²) in [5.74, 6) is -0.479. The molecule has 4 nitrogen and oxygen atoms in total. The molecule has 108 valence electrons. The van der Waals surface area contributed by atoms with Gasteiger partial charge in [-0.1, -0.05) is 0 Å². The minimum atomic E-state index is -3.71. The Kier molecular flexibility index (Phi) is 4.12. The molecule has 0 aliphatic heterocycles. The summed E-state index contributed by atoms with van der Waals surface area (Å²) in [6.07, 6.45) is 0. The summed E-state index contributed by atoms with van der Waals surface area (Å²) in [6, 6.07) is 5.63. The van der Waals surface area contributed by atoms with Gasteiger partial charge >= 0.3 is 0 Å². The quantitative estimate of drug-likeness (QED) is 0.911. The van der Waals surface area contributed by atoms with Crippen LogP contribution in [0.2, 0.25) is 0 Å². The molecule has 2 rings (SSSR count). The zero-order valence-electron chi connectivity index (χ0n) is 11.1. The van der Waals surface area contributed by atoms with E-state index in [0.29, 0.717) is 12.1 Å². The first-order valence-corrected chi connectivity index (χ1v) is 8.21. The normalized spacial score (nSPS) is 11.6. The van der Waals surface area contributed by atoms with Crippen LogP contribution in [0.15, 0.2) is 28.5 Å². The molecule has 0 bridgehead atoms. The van der Waals surface area contributed by atoms with E-state index in [4.69, 9.17) is 5.73 Å². The third-order valence-electron chi connectivity index (χ3n) is 2.74. The summed E-state index contributed by atoms with van der Waals surface area (Å²) >= 11 is 1.12. The van der Waals surface area contributed by atoms with Gasteiger partial charge in [-0.2, -0.15) is 0 Å². The number of thiophene rings is 1. The van der Waals surface area contributed by atoms with Gasteiger partial charge < -0.3 is 5.73 Å². The van der Waals surface area contributed by atoms with Gasteiger partial charge in [0, 0.05) is 11.4 Å². The van der Waals surface area contributed by atoms with E-state index in [2.05, 4.69) is 4.72 Å². The number of nitrogens with one attached hydrogen (secondary N) is 1. The number of anilines is 1. The highest BCUT2D eigenvalue weighted by atomic mass is 32.2. The molecule has 0 spiro atoms. The van der Waals surface area contributed by atoms with Gasteiger partial charge in [-0.25, -0.2) is 12.8 Å². The molecule has 0 unspecified atom stereocenters. The lowest BCUT2D eigenvalue weighted by Crippen LogP contribution is -2.11. The molecule has 1 aromatic carbocycles. The summed E-state index contributed by atoms with van der Waals surface area (Å²) in [7, 11) is -3.71. The van der Waals surface area contributed by atoms with Crippen molar-refractivity contribution >= 4 is 27.0 Å². The van der Waals surface area contributed by atoms with E-state index < -0.39 is 15.8 Å². The van der Waals surface area contributed by atoms with Crippen LogP contribution < -0.4 is 10.5 Å². The standard InChI is InChI=1S/C13H15FN2O2S2/c1-8-3-10(14)6-11(4-8)16-20(17,18)13-5-9(2)12(7-15)19-13/h3-6,16H,7,15H2,1-2H3. The average molecular weight is 314 g/mol. The van der Waals surface area contributed by atoms with Gasteiger partial charge in [0.1, 0.15) is 10.0 Å². The number of nitrogens with two attached hydrogens (primary N) is 1. The predicted octanol–water partition coefficient (Wildman–Crippen LogP) is 2.76. The summed E-state index contributed by atoms with van der Waals surface area (Å²) in [4.78, 5) is 0.820. The largest absolute Gasteiger partial charge is 0.326 e. The molecule has 20 heavy (non-hydrogen) atoms. The van der Waals surface area contributed by atoms with Crippen LogP contribution in [-0.4, -0.2) is 8.42 Å². The molecule has 0 fully saturated rings. The molecule has 1 heterocycles. The molecule has 0 aliphatic carbocycles. The Labute approximate surface area is 121 Å². The number of benzene rings is 1. The van der Waals surface area contributed by atoms with Crippen LogP contribution >= 0.6 is 11.3 Å². The lowest BCUT2D eigenvalue weighted by molar-refractivity contribution is 0.603. The minimum absolute atomic E-state index is 0.178. The Morgan fingerprint density at radius 2 is 1.95 bits per heavy atom. The fourth-order valence-corrected chi connectivity index (χ4v) is 4.33. The third-order valence-corrected chi connectivity index (χ3v) is 5.86. The topological polar surface area (TPSA) is 72.2 Å². The predicted molar refractivity (Wildman–Crippen MR) is 78.9 cm³/mol. The lowest BCUT2D eigenvalue weighted by atomic mass is 10.2. The van der Waals surface area contributed by atoms with Crippen molar-refractivity contribution in [2.24, 2.45) is 5.73 Å². The van der Waals surface area contributed by atoms with Crippen molar-refractivity contribution in [1.82, 2.24) is 0 Å². The second-order valence-corrected chi connectivity index (χ2v) is 7.54. The van der Waals surface area contributed by atoms with Crippen LogP contribution in [0, 0.1) is 19.7 Å². The summed E-state index contributed by atoms with van der Waals surface area (Å²) in [5.41, 5.74) is 7.24. The number of halogens is 1. The number of hydrogen-bond acceptors (Lipinski definition) is 4. The molecule has 0 amide bonds. The van der Waals surface area contributed by atoms with Gasteiger partial charge in [-0.15, -0.1) is 11.3 Å². The van der Waals surface area contributed by atoms with Crippen molar-refractivity contribution in [2.75, 3.05) is 4.72 Å². The van der Waals surface area contributed by atoms with Crippen LogP contribution in [0.3, 0.4) is 0 Å². The fraction of sp³-hybridized carbons (Fsp3) is 0.231. The van der Waals surface area contributed by atoms with Crippen LogP contribution in [0.4, 0.5) is 10.1 Å². The van der Waals surface area contributed by atoms with Gasteiger partial charge in [0.25, 0.3) is 10.0 Å². The maximum atomic E-state index is 13.3. The van der Waals surface area contributed by atoms with E-state index in [1.54, 1.807) is 19.1 Å². The average Bonchev–Trinajstić information content (AvgIpc) is 2.69. The van der Waals surface area contributed by atoms with Crippen molar-refractivity contribution in [2.45, 2.75) is 24.6 Å². The second kappa shape index (κ2) is 5.51. The number of hydrogen-bond donors (Lipinski definition) is 2. The van der Waals surface area contributed by atoms with Crippen LogP contribution in [0.25, 0.3) is 0 Å². The molecule has 0 atom stereocenters. The van der Waals surface area contributed by atoms with Crippen molar-refractivity contribution in [3.63, 3.8) is 0 Å². The van der Waals surface area contributed by atoms with Gasteiger partial charge in [0.05, 0.1) is 5.69 Å². The number of rotatable bonds is 4. The highest BCUT2D eigenvalue weighted by Gasteiger charge is 2.19. The zero-order chi connectivity index (χ0) is 14.9. The summed E-state index contributed by atoms with van der Waals surface area (Å²) in [5, 5.41) is 0. The van der Waals surface area contributed by atoms with Crippen molar-refractivity contribution in [1.29, 1.82) is 0 Å². The molecular weight excluding hydrogens is 299 g/mol. The maximum absolute atomic E-state index is 13.3. The Bertz CT molecular complexity index is 719. The molecule has 1 aromatic heterocycles. The highest BCUT2D eigenvalue weighted by molar-refractivity contribution is 7.94. The van der Waals surface area contributed by atoms with Gasteiger partial charge in [0.15, 0.2) is 0 Å². The maximum Gasteiger partial charge on any atom is 0.271 e. The number of aryl methyl sites for hydroxylation is 2. The van der Waals surface area contributed by atoms with Gasteiger partial charge in [-0.05, 0) is 49.2 Å². The molecule has 0 saturated heterocycles. The third kappa shape index (κ3) is 3.17. The van der Waals surface area contributed by atoms with Crippen molar-refractivity contribution in [3.05, 3.63) is 46.1 Å². The van der Waals surface area contributed by atoms with Crippen LogP contribution in [-0.2, 0) is 16.6 Å². The van der Waals surface area contributed by atoms with Crippen LogP contribution in [0.1, 0.15) is 16.0 Å². The Morgan fingerprint density at radius 3 is 2.50 bits per heavy atom. The first-order chi connectivity index (χ1) is 9.31. The van der Waals surface area contributed by atoms with Crippen LogP contribution in [0.5, 0.6) is 0 Å².